The van der Waals surface area contributed by atoms with Crippen LogP contribution in [0.3, 0.4) is 0 Å². The van der Waals surface area contributed by atoms with Crippen LogP contribution < -0.4 is 4.74 Å². The molecule has 4 rings (SSSR count). The third-order valence-corrected chi connectivity index (χ3v) is 6.71. The van der Waals surface area contributed by atoms with Crippen LogP contribution >= 0.6 is 0 Å². The minimum atomic E-state index is -0.777. The Bertz CT molecular complexity index is 1310. The molecule has 186 valence electrons. The van der Waals surface area contributed by atoms with Gasteiger partial charge in [-0.2, -0.15) is 0 Å². The van der Waals surface area contributed by atoms with Gasteiger partial charge in [0.2, 0.25) is 0 Å². The van der Waals surface area contributed by atoms with Crippen molar-refractivity contribution in [2.24, 2.45) is 5.92 Å². The number of aromatic nitrogens is 1. The monoisotopic (exact) mass is 483 g/mol. The third kappa shape index (κ3) is 5.68. The number of fused-ring (bicyclic) bond motifs is 1. The molecule has 0 aliphatic heterocycles. The Balaban J connectivity index is 1.54. The van der Waals surface area contributed by atoms with Crippen LogP contribution in [0.4, 0.5) is 0 Å². The molecule has 0 spiro atoms. The summed E-state index contributed by atoms with van der Waals surface area (Å²) in [5.41, 5.74) is 3.29. The normalized spacial score (nSPS) is 12.8. The Labute approximate surface area is 212 Å². The summed E-state index contributed by atoms with van der Waals surface area (Å²) in [5, 5.41) is 10.3. The molecule has 0 aliphatic rings. The SMILES string of the molecule is CCCC(Oc1ccc(C(=O)c2cn(CC[C@@H](CC)C(=O)O)c3ccccc23)cc1)c1ccccc1. The number of ether oxygens (including phenoxy) is 1. The second-order valence-corrected chi connectivity index (χ2v) is 9.14. The van der Waals surface area contributed by atoms with E-state index in [1.54, 1.807) is 0 Å². The van der Waals surface area contributed by atoms with Gasteiger partial charge in [0.25, 0.3) is 0 Å². The fourth-order valence-corrected chi connectivity index (χ4v) is 4.64. The van der Waals surface area contributed by atoms with E-state index in [1.807, 2.05) is 84.4 Å². The van der Waals surface area contributed by atoms with Gasteiger partial charge in [-0.15, -0.1) is 0 Å². The topological polar surface area (TPSA) is 68.5 Å². The van der Waals surface area contributed by atoms with Gasteiger partial charge in [-0.05, 0) is 55.2 Å². The van der Waals surface area contributed by atoms with Gasteiger partial charge in [-0.3, -0.25) is 9.59 Å². The highest BCUT2D eigenvalue weighted by Gasteiger charge is 2.20. The van der Waals surface area contributed by atoms with Gasteiger partial charge in [0.15, 0.2) is 5.78 Å². The summed E-state index contributed by atoms with van der Waals surface area (Å²) in [4.78, 5) is 24.9. The van der Waals surface area contributed by atoms with Crippen LogP contribution in [0.15, 0.2) is 85.1 Å². The maximum atomic E-state index is 13.5. The lowest BCUT2D eigenvalue weighted by atomic mass is 10.0. The number of carboxylic acid groups (broad SMARTS) is 1. The summed E-state index contributed by atoms with van der Waals surface area (Å²) in [7, 11) is 0. The first-order valence-electron chi connectivity index (χ1n) is 12.7. The average molecular weight is 484 g/mol. The number of benzene rings is 3. The summed E-state index contributed by atoms with van der Waals surface area (Å²) < 4.78 is 8.28. The summed E-state index contributed by atoms with van der Waals surface area (Å²) in [5.74, 6) is -0.503. The molecule has 1 heterocycles. The number of hydrogen-bond donors (Lipinski definition) is 1. The average Bonchev–Trinajstić information content (AvgIpc) is 3.28. The molecule has 0 radical (unpaired) electrons. The van der Waals surface area contributed by atoms with Crippen molar-refractivity contribution in [2.75, 3.05) is 0 Å². The highest BCUT2D eigenvalue weighted by atomic mass is 16.5. The van der Waals surface area contributed by atoms with Gasteiger partial charge >= 0.3 is 5.97 Å². The number of carbonyl (C=O) groups excluding carboxylic acids is 1. The zero-order valence-corrected chi connectivity index (χ0v) is 20.9. The van der Waals surface area contributed by atoms with E-state index in [2.05, 4.69) is 19.1 Å². The van der Waals surface area contributed by atoms with Gasteiger partial charge in [0.05, 0.1) is 5.92 Å². The van der Waals surface area contributed by atoms with Crippen molar-refractivity contribution in [3.63, 3.8) is 0 Å². The zero-order chi connectivity index (χ0) is 25.5. The molecule has 4 aromatic rings. The molecule has 0 saturated heterocycles. The van der Waals surface area contributed by atoms with E-state index in [0.29, 0.717) is 30.5 Å². The number of carboxylic acids is 1. The van der Waals surface area contributed by atoms with Gasteiger partial charge in [-0.1, -0.05) is 68.8 Å². The molecule has 1 aromatic heterocycles. The standard InChI is InChI=1S/C31H33NO4/c1-3-10-29(23-11-6-5-7-12-23)36-25-17-15-24(16-18-25)30(33)27-21-32(20-19-22(4-2)31(34)35)28-14-9-8-13-26(27)28/h5-9,11-18,21-22,29H,3-4,10,19-20H2,1-2H3,(H,34,35)/t22-,29?/m1/s1. The molecule has 0 amide bonds. The molecule has 5 nitrogen and oxygen atoms in total. The Kier molecular flexibility index (Phi) is 8.21. The van der Waals surface area contributed by atoms with Crippen molar-refractivity contribution < 1.29 is 19.4 Å². The first-order chi connectivity index (χ1) is 17.5. The van der Waals surface area contributed by atoms with Crippen LogP contribution in [-0.2, 0) is 11.3 Å². The molecule has 2 atom stereocenters. The molecule has 0 saturated carbocycles. The number of aliphatic carboxylic acids is 1. The number of aryl methyl sites for hydroxylation is 1. The molecule has 0 bridgehead atoms. The summed E-state index contributed by atoms with van der Waals surface area (Å²) in [6, 6.07) is 25.3. The van der Waals surface area contributed by atoms with Crippen LogP contribution in [0.2, 0.25) is 0 Å². The van der Waals surface area contributed by atoms with E-state index in [4.69, 9.17) is 4.74 Å². The summed E-state index contributed by atoms with van der Waals surface area (Å²) in [6.45, 7) is 4.57. The lowest BCUT2D eigenvalue weighted by Gasteiger charge is -2.19. The largest absolute Gasteiger partial charge is 0.486 e. The van der Waals surface area contributed by atoms with E-state index in [1.165, 1.54) is 0 Å². The number of ketones is 1. The summed E-state index contributed by atoms with van der Waals surface area (Å²) in [6.07, 6.45) is 4.84. The van der Waals surface area contributed by atoms with Gasteiger partial charge < -0.3 is 14.4 Å². The quantitative estimate of drug-likeness (QED) is 0.215. The number of para-hydroxylation sites is 1. The van der Waals surface area contributed by atoms with Crippen molar-refractivity contribution in [1.29, 1.82) is 0 Å². The highest BCUT2D eigenvalue weighted by Crippen LogP contribution is 2.28. The van der Waals surface area contributed by atoms with Crippen molar-refractivity contribution >= 4 is 22.7 Å². The molecule has 36 heavy (non-hydrogen) atoms. The lowest BCUT2D eigenvalue weighted by Crippen LogP contribution is -2.15. The second kappa shape index (κ2) is 11.7. The van der Waals surface area contributed by atoms with Crippen molar-refractivity contribution in [1.82, 2.24) is 4.57 Å². The predicted octanol–water partition coefficient (Wildman–Crippen LogP) is 7.29. The molecule has 3 aromatic carbocycles. The number of hydrogen-bond acceptors (Lipinski definition) is 3. The lowest BCUT2D eigenvalue weighted by molar-refractivity contribution is -0.142. The third-order valence-electron chi connectivity index (χ3n) is 6.71. The van der Waals surface area contributed by atoms with E-state index in [0.717, 1.165) is 35.1 Å². The zero-order valence-electron chi connectivity index (χ0n) is 20.9. The van der Waals surface area contributed by atoms with Gasteiger partial charge in [0.1, 0.15) is 11.9 Å². The maximum Gasteiger partial charge on any atom is 0.306 e. The van der Waals surface area contributed by atoms with Crippen molar-refractivity contribution in [2.45, 2.75) is 52.2 Å². The van der Waals surface area contributed by atoms with Gasteiger partial charge in [-0.25, -0.2) is 0 Å². The molecule has 1 N–H and O–H groups in total. The first-order valence-corrected chi connectivity index (χ1v) is 12.7. The Morgan fingerprint density at radius 1 is 0.889 bits per heavy atom. The molecule has 5 heteroatoms. The van der Waals surface area contributed by atoms with E-state index >= 15 is 0 Å². The fraction of sp³-hybridized carbons (Fsp3) is 0.290. The molecule has 0 aliphatic carbocycles. The summed E-state index contributed by atoms with van der Waals surface area (Å²) >= 11 is 0. The number of rotatable bonds is 12. The van der Waals surface area contributed by atoms with E-state index in [9.17, 15) is 14.7 Å². The minimum Gasteiger partial charge on any atom is -0.486 e. The number of nitrogens with zero attached hydrogens (tertiary/aromatic N) is 1. The molecule has 1 unspecified atom stereocenters. The van der Waals surface area contributed by atoms with E-state index in [-0.39, 0.29) is 11.9 Å². The minimum absolute atomic E-state index is 0.0338. The molecular weight excluding hydrogens is 450 g/mol. The van der Waals surface area contributed by atoms with Crippen LogP contribution in [0.25, 0.3) is 10.9 Å². The Morgan fingerprint density at radius 3 is 2.25 bits per heavy atom. The van der Waals surface area contributed by atoms with Gasteiger partial charge in [0, 0.05) is 34.8 Å². The first kappa shape index (κ1) is 25.2. The molecule has 0 fully saturated rings. The Hall–Kier alpha value is -3.86. The fourth-order valence-electron chi connectivity index (χ4n) is 4.64. The Morgan fingerprint density at radius 2 is 1.58 bits per heavy atom. The van der Waals surface area contributed by atoms with Crippen LogP contribution in [0.5, 0.6) is 5.75 Å². The molecular formula is C31H33NO4. The van der Waals surface area contributed by atoms with Crippen LogP contribution in [-0.4, -0.2) is 21.4 Å². The highest BCUT2D eigenvalue weighted by molar-refractivity contribution is 6.16. The van der Waals surface area contributed by atoms with Crippen LogP contribution in [0, 0.1) is 5.92 Å². The smallest absolute Gasteiger partial charge is 0.306 e. The van der Waals surface area contributed by atoms with Crippen molar-refractivity contribution in [3.05, 3.63) is 102 Å². The predicted molar refractivity (Wildman–Crippen MR) is 143 cm³/mol. The van der Waals surface area contributed by atoms with E-state index < -0.39 is 11.9 Å². The maximum absolute atomic E-state index is 13.5. The second-order valence-electron chi connectivity index (χ2n) is 9.14. The number of carbonyl (C=O) groups is 2. The van der Waals surface area contributed by atoms with Crippen LogP contribution in [0.1, 0.15) is 67.1 Å². The van der Waals surface area contributed by atoms with Crippen molar-refractivity contribution in [3.8, 4) is 5.75 Å².